The van der Waals surface area contributed by atoms with E-state index in [1.807, 2.05) is 0 Å². The molecule has 0 aliphatic carbocycles. The first-order valence-electron chi connectivity index (χ1n) is 6.06. The SMILES string of the molecule is COc1c(N)cc(S(=O)(=O)Nc2ccccc2C)cc1F. The normalized spacial score (nSPS) is 11.2. The summed E-state index contributed by atoms with van der Waals surface area (Å²) in [5.41, 5.74) is 6.69. The average molecular weight is 310 g/mol. The number of nitrogens with two attached hydrogens (primary N) is 1. The zero-order chi connectivity index (χ0) is 15.6. The molecule has 0 saturated carbocycles. The first-order chi connectivity index (χ1) is 9.85. The number of sulfonamides is 1. The number of hydrogen-bond donors (Lipinski definition) is 2. The van der Waals surface area contributed by atoms with Gasteiger partial charge in [-0.3, -0.25) is 4.72 Å². The molecule has 0 atom stereocenters. The fraction of sp³-hybridized carbons (Fsp3) is 0.143. The van der Waals surface area contributed by atoms with E-state index in [1.165, 1.54) is 7.11 Å². The van der Waals surface area contributed by atoms with Gasteiger partial charge < -0.3 is 10.5 Å². The Labute approximate surface area is 122 Å². The Bertz CT molecular complexity index is 753. The summed E-state index contributed by atoms with van der Waals surface area (Å²) >= 11 is 0. The van der Waals surface area contributed by atoms with Crippen molar-refractivity contribution < 1.29 is 17.5 Å². The number of nitrogen functional groups attached to an aromatic ring is 1. The van der Waals surface area contributed by atoms with E-state index in [4.69, 9.17) is 10.5 Å². The number of methoxy groups -OCH3 is 1. The van der Waals surface area contributed by atoms with Crippen molar-refractivity contribution in [3.63, 3.8) is 0 Å². The van der Waals surface area contributed by atoms with Crippen LogP contribution in [0.1, 0.15) is 5.56 Å². The molecule has 112 valence electrons. The zero-order valence-electron chi connectivity index (χ0n) is 11.6. The molecule has 21 heavy (non-hydrogen) atoms. The molecule has 0 aromatic heterocycles. The lowest BCUT2D eigenvalue weighted by molar-refractivity contribution is 0.388. The third kappa shape index (κ3) is 3.08. The molecular weight excluding hydrogens is 295 g/mol. The third-order valence-electron chi connectivity index (χ3n) is 2.95. The highest BCUT2D eigenvalue weighted by Crippen LogP contribution is 2.29. The summed E-state index contributed by atoms with van der Waals surface area (Å²) in [5, 5.41) is 0. The predicted molar refractivity (Wildman–Crippen MR) is 79.4 cm³/mol. The topological polar surface area (TPSA) is 81.4 Å². The van der Waals surface area contributed by atoms with Crippen LogP contribution in [0.2, 0.25) is 0 Å². The van der Waals surface area contributed by atoms with Crippen molar-refractivity contribution in [2.45, 2.75) is 11.8 Å². The zero-order valence-corrected chi connectivity index (χ0v) is 12.4. The summed E-state index contributed by atoms with van der Waals surface area (Å²) in [7, 11) is -2.67. The van der Waals surface area contributed by atoms with E-state index < -0.39 is 15.8 Å². The van der Waals surface area contributed by atoms with Gasteiger partial charge in [-0.1, -0.05) is 18.2 Å². The van der Waals surface area contributed by atoms with Crippen LogP contribution in [-0.4, -0.2) is 15.5 Å². The molecule has 0 radical (unpaired) electrons. The Kier molecular flexibility index (Phi) is 4.04. The third-order valence-corrected chi connectivity index (χ3v) is 4.29. The minimum atomic E-state index is -3.93. The van der Waals surface area contributed by atoms with Crippen LogP contribution in [0.3, 0.4) is 0 Å². The summed E-state index contributed by atoms with van der Waals surface area (Å²) in [6, 6.07) is 8.90. The molecule has 7 heteroatoms. The average Bonchev–Trinajstić information content (AvgIpc) is 2.41. The fourth-order valence-electron chi connectivity index (χ4n) is 1.85. The lowest BCUT2D eigenvalue weighted by atomic mass is 10.2. The van der Waals surface area contributed by atoms with E-state index in [2.05, 4.69) is 4.72 Å². The van der Waals surface area contributed by atoms with Crippen LogP contribution in [0.5, 0.6) is 5.75 Å². The molecule has 0 saturated heterocycles. The van der Waals surface area contributed by atoms with Crippen LogP contribution in [0.15, 0.2) is 41.3 Å². The van der Waals surface area contributed by atoms with Crippen LogP contribution in [-0.2, 0) is 10.0 Å². The minimum absolute atomic E-state index is 0.0809. The summed E-state index contributed by atoms with van der Waals surface area (Å²) in [4.78, 5) is -0.262. The quantitative estimate of drug-likeness (QED) is 0.850. The van der Waals surface area contributed by atoms with Crippen molar-refractivity contribution in [2.24, 2.45) is 0 Å². The Balaban J connectivity index is 2.43. The minimum Gasteiger partial charge on any atom is -0.492 e. The second kappa shape index (κ2) is 5.61. The van der Waals surface area contributed by atoms with E-state index >= 15 is 0 Å². The Morgan fingerprint density at radius 3 is 2.48 bits per heavy atom. The second-order valence-electron chi connectivity index (χ2n) is 4.45. The van der Waals surface area contributed by atoms with Gasteiger partial charge in [0.25, 0.3) is 10.0 Å². The molecule has 0 aliphatic rings. The largest absolute Gasteiger partial charge is 0.492 e. The van der Waals surface area contributed by atoms with Crippen molar-refractivity contribution in [1.29, 1.82) is 0 Å². The fourth-order valence-corrected chi connectivity index (χ4v) is 3.03. The second-order valence-corrected chi connectivity index (χ2v) is 6.13. The first-order valence-corrected chi connectivity index (χ1v) is 7.55. The van der Waals surface area contributed by atoms with Crippen LogP contribution >= 0.6 is 0 Å². The van der Waals surface area contributed by atoms with Gasteiger partial charge in [0.05, 0.1) is 23.4 Å². The van der Waals surface area contributed by atoms with Gasteiger partial charge in [0.15, 0.2) is 11.6 Å². The van der Waals surface area contributed by atoms with Gasteiger partial charge in [-0.05, 0) is 30.7 Å². The number of hydrogen-bond acceptors (Lipinski definition) is 4. The number of nitrogens with one attached hydrogen (secondary N) is 1. The molecular formula is C14H15FN2O3S. The monoisotopic (exact) mass is 310 g/mol. The Morgan fingerprint density at radius 2 is 1.90 bits per heavy atom. The summed E-state index contributed by atoms with van der Waals surface area (Å²) in [6.45, 7) is 1.76. The maximum absolute atomic E-state index is 13.8. The summed E-state index contributed by atoms with van der Waals surface area (Å²) in [6.07, 6.45) is 0. The van der Waals surface area contributed by atoms with Gasteiger partial charge in [0.1, 0.15) is 0 Å². The molecule has 0 bridgehead atoms. The number of halogens is 1. The van der Waals surface area contributed by atoms with Crippen molar-refractivity contribution in [3.05, 3.63) is 47.8 Å². The maximum Gasteiger partial charge on any atom is 0.262 e. The molecule has 0 unspecified atom stereocenters. The summed E-state index contributed by atoms with van der Waals surface area (Å²) < 4.78 is 45.5. The van der Waals surface area contributed by atoms with Crippen LogP contribution in [0.25, 0.3) is 0 Å². The summed E-state index contributed by atoms with van der Waals surface area (Å²) in [5.74, 6) is -1.01. The molecule has 0 aliphatic heterocycles. The number of ether oxygens (including phenoxy) is 1. The molecule has 0 fully saturated rings. The molecule has 0 amide bonds. The standard InChI is InChI=1S/C14H15FN2O3S/c1-9-5-3-4-6-13(9)17-21(18,19)10-7-11(15)14(20-2)12(16)8-10/h3-8,17H,16H2,1-2H3. The predicted octanol–water partition coefficient (Wildman–Crippen LogP) is 2.53. The maximum atomic E-state index is 13.8. The number of anilines is 2. The molecule has 2 aromatic rings. The first kappa shape index (κ1) is 15.1. The molecule has 2 rings (SSSR count). The molecule has 2 aromatic carbocycles. The molecule has 3 N–H and O–H groups in total. The van der Waals surface area contributed by atoms with E-state index in [0.717, 1.165) is 17.7 Å². The molecule has 0 heterocycles. The highest BCUT2D eigenvalue weighted by Gasteiger charge is 2.19. The Hall–Kier alpha value is -2.28. The van der Waals surface area contributed by atoms with Crippen LogP contribution in [0.4, 0.5) is 15.8 Å². The number of rotatable bonds is 4. The number of benzene rings is 2. The van der Waals surface area contributed by atoms with E-state index in [9.17, 15) is 12.8 Å². The lowest BCUT2D eigenvalue weighted by Crippen LogP contribution is -2.14. The number of aryl methyl sites for hydroxylation is 1. The number of para-hydroxylation sites is 1. The van der Waals surface area contributed by atoms with Crippen molar-refractivity contribution >= 4 is 21.4 Å². The van der Waals surface area contributed by atoms with Crippen molar-refractivity contribution in [1.82, 2.24) is 0 Å². The van der Waals surface area contributed by atoms with Crippen LogP contribution < -0.4 is 15.2 Å². The van der Waals surface area contributed by atoms with Gasteiger partial charge in [-0.2, -0.15) is 0 Å². The van der Waals surface area contributed by atoms with E-state index in [0.29, 0.717) is 5.69 Å². The molecule has 0 spiro atoms. The van der Waals surface area contributed by atoms with Gasteiger partial charge in [-0.15, -0.1) is 0 Å². The van der Waals surface area contributed by atoms with Crippen molar-refractivity contribution in [3.8, 4) is 5.75 Å². The van der Waals surface area contributed by atoms with E-state index in [-0.39, 0.29) is 16.3 Å². The van der Waals surface area contributed by atoms with Crippen molar-refractivity contribution in [2.75, 3.05) is 17.6 Å². The van der Waals surface area contributed by atoms with Gasteiger partial charge >= 0.3 is 0 Å². The van der Waals surface area contributed by atoms with Gasteiger partial charge in [-0.25, -0.2) is 12.8 Å². The Morgan fingerprint density at radius 1 is 1.24 bits per heavy atom. The smallest absolute Gasteiger partial charge is 0.262 e. The van der Waals surface area contributed by atoms with Gasteiger partial charge in [0, 0.05) is 0 Å². The lowest BCUT2D eigenvalue weighted by Gasteiger charge is -2.12. The molecule has 5 nitrogen and oxygen atoms in total. The van der Waals surface area contributed by atoms with Crippen LogP contribution in [0, 0.1) is 12.7 Å². The highest BCUT2D eigenvalue weighted by molar-refractivity contribution is 7.92. The van der Waals surface area contributed by atoms with Gasteiger partial charge in [0.2, 0.25) is 0 Å². The highest BCUT2D eigenvalue weighted by atomic mass is 32.2. The van der Waals surface area contributed by atoms with E-state index in [1.54, 1.807) is 31.2 Å².